The number of fused-ring (bicyclic) bond motifs is 9. The van der Waals surface area contributed by atoms with Gasteiger partial charge in [0.2, 0.25) is 0 Å². The summed E-state index contributed by atoms with van der Waals surface area (Å²) >= 11 is 3.67. The number of hydrogen-bond donors (Lipinski definition) is 0. The van der Waals surface area contributed by atoms with Crippen LogP contribution < -0.4 is 0 Å². The molecule has 0 saturated carbocycles. The zero-order valence-corrected chi connectivity index (χ0v) is 23.4. The number of para-hydroxylation sites is 3. The third kappa shape index (κ3) is 3.28. The molecule has 3 heterocycles. The molecule has 0 aliphatic carbocycles. The van der Waals surface area contributed by atoms with Crippen molar-refractivity contribution in [1.82, 2.24) is 4.57 Å². The summed E-state index contributed by atoms with van der Waals surface area (Å²) in [5.74, 6) is 0. The van der Waals surface area contributed by atoms with Gasteiger partial charge < -0.3 is 4.57 Å². The lowest BCUT2D eigenvalue weighted by molar-refractivity contribution is 1.18. The molecule has 3 aromatic heterocycles. The van der Waals surface area contributed by atoms with Crippen molar-refractivity contribution in [1.29, 1.82) is 0 Å². The molecule has 0 amide bonds. The van der Waals surface area contributed by atoms with E-state index in [2.05, 4.69) is 119 Å². The average molecular weight is 557 g/mol. The Balaban J connectivity index is 1.30. The summed E-state index contributed by atoms with van der Waals surface area (Å²) in [4.78, 5) is 3.68. The highest BCUT2D eigenvalue weighted by Gasteiger charge is 2.17. The second kappa shape index (κ2) is 8.52. The normalized spacial score (nSPS) is 11.9. The van der Waals surface area contributed by atoms with Gasteiger partial charge in [0.05, 0.1) is 23.3 Å². The zero-order valence-electron chi connectivity index (χ0n) is 21.8. The quantitative estimate of drug-likeness (QED) is 0.187. The summed E-state index contributed by atoms with van der Waals surface area (Å²) in [6.07, 6.45) is 0. The van der Waals surface area contributed by atoms with Gasteiger partial charge in [0, 0.05) is 45.9 Å². The van der Waals surface area contributed by atoms with Crippen molar-refractivity contribution in [3.63, 3.8) is 0 Å². The third-order valence-corrected chi connectivity index (χ3v) is 10.5. The van der Waals surface area contributed by atoms with Crippen LogP contribution in [0, 0.1) is 6.57 Å². The molecule has 0 atom stereocenters. The van der Waals surface area contributed by atoms with Crippen LogP contribution in [0.4, 0.5) is 5.69 Å². The predicted octanol–water partition coefficient (Wildman–Crippen LogP) is 11.7. The maximum Gasteiger partial charge on any atom is 0.187 e. The van der Waals surface area contributed by atoms with Gasteiger partial charge in [-0.15, -0.1) is 22.7 Å². The Morgan fingerprint density at radius 1 is 0.488 bits per heavy atom. The molecule has 0 radical (unpaired) electrons. The molecule has 41 heavy (non-hydrogen) atoms. The third-order valence-electron chi connectivity index (χ3n) is 8.21. The van der Waals surface area contributed by atoms with E-state index in [0.717, 1.165) is 0 Å². The first-order chi connectivity index (χ1) is 20.3. The first kappa shape index (κ1) is 22.8. The molecule has 0 N–H and O–H groups in total. The van der Waals surface area contributed by atoms with Crippen LogP contribution in [-0.4, -0.2) is 4.57 Å². The standard InChI is InChI=1S/C37H20N2S2/c1-38-23-15-17-35-28(19-23)30-20-29-27-18-22(14-16-34(27)40-36(29)21-37(30)41-35)24-8-2-5-11-31(24)39-32-12-6-3-9-25(32)26-10-4-7-13-33(26)39/h2-21H. The molecule has 190 valence electrons. The highest BCUT2D eigenvalue weighted by Crippen LogP contribution is 2.44. The molecular formula is C37H20N2S2. The van der Waals surface area contributed by atoms with Gasteiger partial charge in [0.25, 0.3) is 0 Å². The zero-order chi connectivity index (χ0) is 27.1. The molecule has 0 unspecified atom stereocenters. The van der Waals surface area contributed by atoms with Crippen molar-refractivity contribution >= 4 is 90.5 Å². The molecule has 0 aliphatic rings. The van der Waals surface area contributed by atoms with Crippen LogP contribution in [-0.2, 0) is 0 Å². The number of hydrogen-bond acceptors (Lipinski definition) is 2. The van der Waals surface area contributed by atoms with E-state index in [1.807, 2.05) is 34.8 Å². The Hall–Kier alpha value is -4.95. The molecule has 0 saturated heterocycles. The number of rotatable bonds is 2. The average Bonchev–Trinajstić information content (AvgIpc) is 3.68. The van der Waals surface area contributed by atoms with E-state index in [0.29, 0.717) is 5.69 Å². The number of nitrogens with zero attached hydrogens (tertiary/aromatic N) is 2. The topological polar surface area (TPSA) is 9.29 Å². The van der Waals surface area contributed by atoms with E-state index in [-0.39, 0.29) is 0 Å². The van der Waals surface area contributed by atoms with Gasteiger partial charge in [-0.3, -0.25) is 0 Å². The lowest BCUT2D eigenvalue weighted by Crippen LogP contribution is -1.96. The molecule has 0 fully saturated rings. The van der Waals surface area contributed by atoms with Gasteiger partial charge in [-0.25, -0.2) is 4.85 Å². The second-order valence-corrected chi connectivity index (χ2v) is 12.6. The Labute approximate surface area is 243 Å². The SMILES string of the molecule is [C-]#[N+]c1ccc2sc3cc4sc5ccc(-c6ccccc6-n6c7ccccc7c7ccccc76)cc5c4cc3c2c1. The number of thiophene rings is 2. The first-order valence-corrected chi connectivity index (χ1v) is 15.2. The van der Waals surface area contributed by atoms with Crippen LogP contribution in [0.25, 0.3) is 83.8 Å². The Morgan fingerprint density at radius 2 is 1.07 bits per heavy atom. The van der Waals surface area contributed by atoms with Gasteiger partial charge >= 0.3 is 0 Å². The van der Waals surface area contributed by atoms with Crippen LogP contribution in [0.2, 0.25) is 0 Å². The van der Waals surface area contributed by atoms with Crippen molar-refractivity contribution in [3.8, 4) is 16.8 Å². The van der Waals surface area contributed by atoms with Crippen molar-refractivity contribution in [3.05, 3.63) is 133 Å². The monoisotopic (exact) mass is 556 g/mol. The fourth-order valence-electron chi connectivity index (χ4n) is 6.37. The summed E-state index contributed by atoms with van der Waals surface area (Å²) in [5.41, 5.74) is 6.73. The molecule has 9 rings (SSSR count). The van der Waals surface area contributed by atoms with E-state index in [4.69, 9.17) is 6.57 Å². The lowest BCUT2D eigenvalue weighted by Gasteiger charge is -2.14. The van der Waals surface area contributed by atoms with Gasteiger partial charge in [-0.2, -0.15) is 0 Å². The summed E-state index contributed by atoms with van der Waals surface area (Å²) in [6.45, 7) is 7.49. The van der Waals surface area contributed by atoms with Crippen molar-refractivity contribution in [2.45, 2.75) is 0 Å². The van der Waals surface area contributed by atoms with E-state index < -0.39 is 0 Å². The number of benzene rings is 6. The minimum Gasteiger partial charge on any atom is -0.309 e. The fraction of sp³-hybridized carbons (Fsp3) is 0. The Morgan fingerprint density at radius 3 is 1.78 bits per heavy atom. The minimum atomic E-state index is 0.691. The summed E-state index contributed by atoms with van der Waals surface area (Å²) in [7, 11) is 0. The van der Waals surface area contributed by atoms with E-state index in [1.54, 1.807) is 0 Å². The molecule has 2 nitrogen and oxygen atoms in total. The maximum absolute atomic E-state index is 7.49. The minimum absolute atomic E-state index is 0.691. The van der Waals surface area contributed by atoms with Gasteiger partial charge in [-0.05, 0) is 64.9 Å². The van der Waals surface area contributed by atoms with Crippen LogP contribution in [0.3, 0.4) is 0 Å². The summed E-state index contributed by atoms with van der Waals surface area (Å²) < 4.78 is 7.51. The number of aromatic nitrogens is 1. The van der Waals surface area contributed by atoms with Gasteiger partial charge in [-0.1, -0.05) is 72.8 Å². The van der Waals surface area contributed by atoms with Crippen LogP contribution in [0.5, 0.6) is 0 Å². The Kier molecular flexibility index (Phi) is 4.74. The second-order valence-electron chi connectivity index (χ2n) is 10.4. The Bertz CT molecular complexity index is 2500. The van der Waals surface area contributed by atoms with Crippen LogP contribution >= 0.6 is 22.7 Å². The summed E-state index contributed by atoms with van der Waals surface area (Å²) in [6, 6.07) is 43.8. The molecule has 9 aromatic rings. The van der Waals surface area contributed by atoms with Crippen LogP contribution in [0.15, 0.2) is 121 Å². The molecule has 4 heteroatoms. The fourth-order valence-corrected chi connectivity index (χ4v) is 8.66. The van der Waals surface area contributed by atoms with E-state index in [1.165, 1.54) is 79.0 Å². The highest BCUT2D eigenvalue weighted by molar-refractivity contribution is 7.28. The largest absolute Gasteiger partial charge is 0.309 e. The highest BCUT2D eigenvalue weighted by atomic mass is 32.1. The van der Waals surface area contributed by atoms with Crippen molar-refractivity contribution in [2.75, 3.05) is 0 Å². The first-order valence-electron chi connectivity index (χ1n) is 13.5. The van der Waals surface area contributed by atoms with Crippen molar-refractivity contribution in [2.24, 2.45) is 0 Å². The predicted molar refractivity (Wildman–Crippen MR) is 178 cm³/mol. The lowest BCUT2D eigenvalue weighted by atomic mass is 10.00. The summed E-state index contributed by atoms with van der Waals surface area (Å²) in [5, 5.41) is 7.51. The molecule has 0 bridgehead atoms. The van der Waals surface area contributed by atoms with E-state index >= 15 is 0 Å². The van der Waals surface area contributed by atoms with Gasteiger partial charge in [0.1, 0.15) is 0 Å². The smallest absolute Gasteiger partial charge is 0.187 e. The molecule has 6 aromatic carbocycles. The van der Waals surface area contributed by atoms with Gasteiger partial charge in [0.15, 0.2) is 5.69 Å². The maximum atomic E-state index is 7.49. The molecule has 0 spiro atoms. The molecular weight excluding hydrogens is 537 g/mol. The van der Waals surface area contributed by atoms with Crippen molar-refractivity contribution < 1.29 is 0 Å². The van der Waals surface area contributed by atoms with E-state index in [9.17, 15) is 0 Å². The van der Waals surface area contributed by atoms with Crippen LogP contribution in [0.1, 0.15) is 0 Å². The molecule has 0 aliphatic heterocycles.